The SMILES string of the molecule is CCC(O)CNc1cc(Br)ccc1I. The van der Waals surface area contributed by atoms with Gasteiger partial charge in [0.1, 0.15) is 0 Å². The molecule has 2 nitrogen and oxygen atoms in total. The van der Waals surface area contributed by atoms with Crippen LogP contribution in [-0.4, -0.2) is 17.8 Å². The molecule has 1 aromatic carbocycles. The number of hydrogen-bond donors (Lipinski definition) is 2. The van der Waals surface area contributed by atoms with Crippen LogP contribution in [0, 0.1) is 3.57 Å². The van der Waals surface area contributed by atoms with Crippen LogP contribution in [0.1, 0.15) is 13.3 Å². The molecule has 0 amide bonds. The van der Waals surface area contributed by atoms with E-state index in [9.17, 15) is 5.11 Å². The molecular formula is C10H13BrINO. The van der Waals surface area contributed by atoms with Crippen molar-refractivity contribution in [3.8, 4) is 0 Å². The normalized spacial score (nSPS) is 12.6. The van der Waals surface area contributed by atoms with Crippen LogP contribution in [0.15, 0.2) is 22.7 Å². The van der Waals surface area contributed by atoms with E-state index in [4.69, 9.17) is 0 Å². The Morgan fingerprint density at radius 3 is 2.93 bits per heavy atom. The molecule has 1 rings (SSSR count). The van der Waals surface area contributed by atoms with Gasteiger partial charge in [0.25, 0.3) is 0 Å². The summed E-state index contributed by atoms with van der Waals surface area (Å²) in [6.07, 6.45) is 0.502. The first-order chi connectivity index (χ1) is 6.63. The number of nitrogens with one attached hydrogen (secondary N) is 1. The van der Waals surface area contributed by atoms with Crippen molar-refractivity contribution in [3.63, 3.8) is 0 Å². The molecule has 0 aliphatic carbocycles. The van der Waals surface area contributed by atoms with E-state index >= 15 is 0 Å². The lowest BCUT2D eigenvalue weighted by Gasteiger charge is -2.12. The molecule has 78 valence electrons. The van der Waals surface area contributed by atoms with Gasteiger partial charge in [-0.25, -0.2) is 0 Å². The molecule has 0 aromatic heterocycles. The Morgan fingerprint density at radius 2 is 2.29 bits per heavy atom. The van der Waals surface area contributed by atoms with E-state index in [1.807, 2.05) is 25.1 Å². The first kappa shape index (κ1) is 12.3. The number of aliphatic hydroxyl groups excluding tert-OH is 1. The second kappa shape index (κ2) is 5.92. The average molecular weight is 370 g/mol. The van der Waals surface area contributed by atoms with Crippen LogP contribution in [0.5, 0.6) is 0 Å². The van der Waals surface area contributed by atoms with Crippen molar-refractivity contribution in [2.24, 2.45) is 0 Å². The first-order valence-corrected chi connectivity index (χ1v) is 6.37. The highest BCUT2D eigenvalue weighted by atomic mass is 127. The number of benzene rings is 1. The molecule has 0 aliphatic rings. The molecule has 0 fully saturated rings. The third-order valence-electron chi connectivity index (χ3n) is 1.93. The lowest BCUT2D eigenvalue weighted by Crippen LogP contribution is -2.18. The predicted octanol–water partition coefficient (Wildman–Crippen LogP) is 3.24. The fourth-order valence-electron chi connectivity index (χ4n) is 1.01. The van der Waals surface area contributed by atoms with Gasteiger partial charge in [-0.3, -0.25) is 0 Å². The number of rotatable bonds is 4. The highest BCUT2D eigenvalue weighted by Crippen LogP contribution is 2.22. The van der Waals surface area contributed by atoms with E-state index in [1.54, 1.807) is 0 Å². The van der Waals surface area contributed by atoms with Crippen molar-refractivity contribution in [1.29, 1.82) is 0 Å². The molecule has 0 bridgehead atoms. The number of halogens is 2. The molecule has 0 heterocycles. The maximum absolute atomic E-state index is 9.40. The van der Waals surface area contributed by atoms with Crippen LogP contribution >= 0.6 is 38.5 Å². The fourth-order valence-corrected chi connectivity index (χ4v) is 1.89. The smallest absolute Gasteiger partial charge is 0.0709 e. The van der Waals surface area contributed by atoms with Crippen molar-refractivity contribution < 1.29 is 5.11 Å². The Hall–Kier alpha value is 0.190. The number of aliphatic hydroxyl groups is 1. The van der Waals surface area contributed by atoms with Crippen LogP contribution in [0.3, 0.4) is 0 Å². The summed E-state index contributed by atoms with van der Waals surface area (Å²) >= 11 is 5.69. The van der Waals surface area contributed by atoms with Crippen LogP contribution in [0.25, 0.3) is 0 Å². The summed E-state index contributed by atoms with van der Waals surface area (Å²) in [5.41, 5.74) is 1.06. The molecule has 1 unspecified atom stereocenters. The van der Waals surface area contributed by atoms with Gasteiger partial charge in [0.05, 0.1) is 6.10 Å². The number of anilines is 1. The lowest BCUT2D eigenvalue weighted by atomic mass is 10.2. The van der Waals surface area contributed by atoms with Gasteiger partial charge in [0, 0.05) is 20.3 Å². The van der Waals surface area contributed by atoms with E-state index in [0.717, 1.165) is 20.2 Å². The van der Waals surface area contributed by atoms with Crippen molar-refractivity contribution in [3.05, 3.63) is 26.2 Å². The van der Waals surface area contributed by atoms with Crippen LogP contribution in [0.2, 0.25) is 0 Å². The van der Waals surface area contributed by atoms with Crippen LogP contribution in [0.4, 0.5) is 5.69 Å². The molecule has 4 heteroatoms. The minimum atomic E-state index is -0.273. The predicted molar refractivity (Wildman–Crippen MR) is 71.6 cm³/mol. The van der Waals surface area contributed by atoms with Gasteiger partial charge in [-0.2, -0.15) is 0 Å². The van der Waals surface area contributed by atoms with E-state index in [0.29, 0.717) is 6.54 Å². The van der Waals surface area contributed by atoms with Gasteiger partial charge in [-0.05, 0) is 47.2 Å². The maximum atomic E-state index is 9.40. The Morgan fingerprint density at radius 1 is 1.57 bits per heavy atom. The summed E-state index contributed by atoms with van der Waals surface area (Å²) in [7, 11) is 0. The average Bonchev–Trinajstić information content (AvgIpc) is 2.19. The maximum Gasteiger partial charge on any atom is 0.0709 e. The Balaban J connectivity index is 2.62. The van der Waals surface area contributed by atoms with Gasteiger partial charge >= 0.3 is 0 Å². The first-order valence-electron chi connectivity index (χ1n) is 4.50. The summed E-state index contributed by atoms with van der Waals surface area (Å²) in [5, 5.41) is 12.6. The van der Waals surface area contributed by atoms with Crippen LogP contribution in [-0.2, 0) is 0 Å². The molecule has 14 heavy (non-hydrogen) atoms. The lowest BCUT2D eigenvalue weighted by molar-refractivity contribution is 0.183. The van der Waals surface area contributed by atoms with Gasteiger partial charge < -0.3 is 10.4 Å². The third kappa shape index (κ3) is 3.74. The van der Waals surface area contributed by atoms with Crippen molar-refractivity contribution in [2.75, 3.05) is 11.9 Å². The van der Waals surface area contributed by atoms with E-state index in [2.05, 4.69) is 43.8 Å². The molecule has 0 saturated carbocycles. The zero-order valence-electron chi connectivity index (χ0n) is 7.93. The van der Waals surface area contributed by atoms with Crippen LogP contribution < -0.4 is 5.32 Å². The Labute approximate surface area is 106 Å². The molecule has 1 aromatic rings. The Kier molecular flexibility index (Phi) is 5.19. The second-order valence-electron chi connectivity index (χ2n) is 3.07. The second-order valence-corrected chi connectivity index (χ2v) is 5.15. The fraction of sp³-hybridized carbons (Fsp3) is 0.400. The summed E-state index contributed by atoms with van der Waals surface area (Å²) < 4.78 is 2.21. The van der Waals surface area contributed by atoms with Crippen molar-refractivity contribution in [2.45, 2.75) is 19.4 Å². The molecule has 0 spiro atoms. The molecule has 0 aliphatic heterocycles. The van der Waals surface area contributed by atoms with E-state index < -0.39 is 0 Å². The van der Waals surface area contributed by atoms with Gasteiger partial charge in [-0.1, -0.05) is 22.9 Å². The quantitative estimate of drug-likeness (QED) is 0.798. The summed E-state index contributed by atoms with van der Waals surface area (Å²) in [5.74, 6) is 0. The zero-order chi connectivity index (χ0) is 10.6. The summed E-state index contributed by atoms with van der Waals surface area (Å²) in [4.78, 5) is 0. The van der Waals surface area contributed by atoms with Gasteiger partial charge in [0.2, 0.25) is 0 Å². The molecular weight excluding hydrogens is 357 g/mol. The van der Waals surface area contributed by atoms with Gasteiger partial charge in [-0.15, -0.1) is 0 Å². The summed E-state index contributed by atoms with van der Waals surface area (Å²) in [6, 6.07) is 6.05. The molecule has 1 atom stereocenters. The van der Waals surface area contributed by atoms with E-state index in [1.165, 1.54) is 0 Å². The van der Waals surface area contributed by atoms with Crippen molar-refractivity contribution >= 4 is 44.2 Å². The largest absolute Gasteiger partial charge is 0.391 e. The van der Waals surface area contributed by atoms with Crippen molar-refractivity contribution in [1.82, 2.24) is 0 Å². The van der Waals surface area contributed by atoms with Gasteiger partial charge in [0.15, 0.2) is 0 Å². The standard InChI is InChI=1S/C10H13BrINO/c1-2-8(14)6-13-10-5-7(11)3-4-9(10)12/h3-5,8,13-14H,2,6H2,1H3. The topological polar surface area (TPSA) is 32.3 Å². The Bertz CT molecular complexity index is 306. The number of hydrogen-bond acceptors (Lipinski definition) is 2. The summed E-state index contributed by atoms with van der Waals surface area (Å²) in [6.45, 7) is 2.57. The van der Waals surface area contributed by atoms with E-state index in [-0.39, 0.29) is 6.10 Å². The third-order valence-corrected chi connectivity index (χ3v) is 3.36. The highest BCUT2D eigenvalue weighted by molar-refractivity contribution is 14.1. The highest BCUT2D eigenvalue weighted by Gasteiger charge is 2.03. The molecule has 0 saturated heterocycles. The minimum absolute atomic E-state index is 0.273. The molecule has 0 radical (unpaired) electrons. The minimum Gasteiger partial charge on any atom is -0.391 e. The zero-order valence-corrected chi connectivity index (χ0v) is 11.7. The monoisotopic (exact) mass is 369 g/mol. The molecule has 2 N–H and O–H groups in total.